The summed E-state index contributed by atoms with van der Waals surface area (Å²) in [5.74, 6) is -0.296. The summed E-state index contributed by atoms with van der Waals surface area (Å²) in [4.78, 5) is 21.5. The van der Waals surface area contributed by atoms with Crippen LogP contribution in [-0.2, 0) is 6.54 Å². The van der Waals surface area contributed by atoms with Gasteiger partial charge in [0.05, 0.1) is 22.8 Å². The van der Waals surface area contributed by atoms with Crippen molar-refractivity contribution < 1.29 is 4.79 Å². The van der Waals surface area contributed by atoms with E-state index in [9.17, 15) is 4.79 Å². The fourth-order valence-electron chi connectivity index (χ4n) is 3.31. The van der Waals surface area contributed by atoms with E-state index in [2.05, 4.69) is 44.5 Å². The van der Waals surface area contributed by atoms with Crippen molar-refractivity contribution in [3.63, 3.8) is 0 Å². The molecule has 1 amide bonds. The van der Waals surface area contributed by atoms with Crippen molar-refractivity contribution in [1.82, 2.24) is 4.31 Å². The zero-order chi connectivity index (χ0) is 26.1. The van der Waals surface area contributed by atoms with Crippen molar-refractivity contribution in [2.75, 3.05) is 29.8 Å². The van der Waals surface area contributed by atoms with Gasteiger partial charge in [0.2, 0.25) is 0 Å². The zero-order valence-electron chi connectivity index (χ0n) is 20.5. The van der Waals surface area contributed by atoms with Crippen LogP contribution in [0.25, 0.3) is 0 Å². The number of amides is 1. The topological polar surface area (TPSA) is 60.3 Å². The van der Waals surface area contributed by atoms with Crippen LogP contribution in [0, 0.1) is 0 Å². The highest BCUT2D eigenvalue weighted by molar-refractivity contribution is 7.98. The number of rotatable bonds is 11. The molecule has 9 heteroatoms. The molecule has 6 nitrogen and oxygen atoms in total. The highest BCUT2D eigenvalue weighted by Gasteiger charge is 2.15. The minimum atomic E-state index is -0.296. The van der Waals surface area contributed by atoms with E-state index in [0.29, 0.717) is 27.8 Å². The molecule has 0 spiro atoms. The summed E-state index contributed by atoms with van der Waals surface area (Å²) >= 11 is 14.5. The van der Waals surface area contributed by atoms with Gasteiger partial charge in [-0.1, -0.05) is 48.3 Å². The summed E-state index contributed by atoms with van der Waals surface area (Å²) in [7, 11) is 2.03. The summed E-state index contributed by atoms with van der Waals surface area (Å²) in [6, 6.07) is 18.4. The van der Waals surface area contributed by atoms with Crippen LogP contribution in [0.4, 0.5) is 17.1 Å². The predicted octanol–water partition coefficient (Wildman–Crippen LogP) is 7.54. The third kappa shape index (κ3) is 7.34. The number of hydrogen-bond acceptors (Lipinski definition) is 6. The number of carbonyl (C=O) groups is 1. The van der Waals surface area contributed by atoms with Crippen LogP contribution in [0.1, 0.15) is 35.3 Å². The molecule has 0 bridgehead atoms. The van der Waals surface area contributed by atoms with Gasteiger partial charge in [0.1, 0.15) is 0 Å². The van der Waals surface area contributed by atoms with Crippen LogP contribution in [-0.4, -0.2) is 43.3 Å². The number of anilines is 2. The van der Waals surface area contributed by atoms with Crippen LogP contribution in [0.3, 0.4) is 0 Å². The molecule has 0 aliphatic heterocycles. The average Bonchev–Trinajstić information content (AvgIpc) is 2.88. The largest absolute Gasteiger partial charge is 0.322 e. The van der Waals surface area contributed by atoms with E-state index in [-0.39, 0.29) is 5.91 Å². The van der Waals surface area contributed by atoms with E-state index in [1.165, 1.54) is 0 Å². The first-order valence-corrected chi connectivity index (χ1v) is 13.0. The van der Waals surface area contributed by atoms with Gasteiger partial charge in [0.15, 0.2) is 0 Å². The van der Waals surface area contributed by atoms with Gasteiger partial charge < -0.3 is 9.62 Å². The van der Waals surface area contributed by atoms with Gasteiger partial charge in [-0.3, -0.25) is 14.8 Å². The van der Waals surface area contributed by atoms with Crippen molar-refractivity contribution in [3.8, 4) is 0 Å². The molecule has 0 aliphatic carbocycles. The Bertz CT molecular complexity index is 1250. The Morgan fingerprint density at radius 1 is 1.06 bits per heavy atom. The first-order chi connectivity index (χ1) is 17.4. The number of hydrogen-bond donors (Lipinski definition) is 1. The highest BCUT2D eigenvalue weighted by Crippen LogP contribution is 2.30. The molecule has 36 heavy (non-hydrogen) atoms. The van der Waals surface area contributed by atoms with E-state index >= 15 is 0 Å². The number of para-hydroxylation sites is 1. The van der Waals surface area contributed by atoms with E-state index in [4.69, 9.17) is 23.2 Å². The zero-order valence-corrected chi connectivity index (χ0v) is 22.9. The molecule has 3 aromatic rings. The van der Waals surface area contributed by atoms with Crippen LogP contribution in [0.5, 0.6) is 0 Å². The van der Waals surface area contributed by atoms with E-state index in [0.717, 1.165) is 35.6 Å². The summed E-state index contributed by atoms with van der Waals surface area (Å²) in [6.07, 6.45) is 1.74. The maximum atomic E-state index is 13.0. The molecule has 0 aliphatic rings. The molecular weight excluding hydrogens is 513 g/mol. The first kappa shape index (κ1) is 27.7. The lowest BCUT2D eigenvalue weighted by Gasteiger charge is -2.26. The van der Waals surface area contributed by atoms with E-state index < -0.39 is 0 Å². The summed E-state index contributed by atoms with van der Waals surface area (Å²) < 4.78 is 4.24. The fraction of sp³-hybridized carbons (Fsp3) is 0.222. The lowest BCUT2D eigenvalue weighted by molar-refractivity contribution is 0.102. The quantitative estimate of drug-likeness (QED) is 0.201. The third-order valence-corrected chi connectivity index (χ3v) is 7.24. The van der Waals surface area contributed by atoms with Crippen LogP contribution >= 0.6 is 35.3 Å². The average molecular weight is 543 g/mol. The smallest absolute Gasteiger partial charge is 0.257 e. The maximum Gasteiger partial charge on any atom is 0.257 e. The molecule has 0 atom stereocenters. The van der Waals surface area contributed by atoms with Crippen LogP contribution < -0.4 is 9.62 Å². The predicted molar refractivity (Wildman–Crippen MR) is 157 cm³/mol. The van der Waals surface area contributed by atoms with E-state index in [1.54, 1.807) is 36.5 Å². The van der Waals surface area contributed by atoms with Crippen molar-refractivity contribution in [1.29, 1.82) is 0 Å². The lowest BCUT2D eigenvalue weighted by Crippen LogP contribution is -2.22. The van der Waals surface area contributed by atoms with Crippen molar-refractivity contribution >= 4 is 71.2 Å². The molecule has 0 saturated heterocycles. The normalized spacial score (nSPS) is 11.2. The van der Waals surface area contributed by atoms with Crippen LogP contribution in [0.2, 0.25) is 10.0 Å². The summed E-state index contributed by atoms with van der Waals surface area (Å²) in [6.45, 7) is 9.80. The molecule has 3 aromatic carbocycles. The van der Waals surface area contributed by atoms with Gasteiger partial charge in [-0.05, 0) is 68.7 Å². The second kappa shape index (κ2) is 13.5. The molecule has 3 rings (SSSR count). The van der Waals surface area contributed by atoms with Crippen LogP contribution in [0.15, 0.2) is 70.6 Å². The molecule has 0 heterocycles. The summed E-state index contributed by atoms with van der Waals surface area (Å²) in [5, 5.41) is 3.87. The second-order valence-corrected chi connectivity index (χ2v) is 9.87. The third-order valence-electron chi connectivity index (χ3n) is 5.36. The second-order valence-electron chi connectivity index (χ2n) is 7.83. The minimum absolute atomic E-state index is 0.296. The Morgan fingerprint density at radius 2 is 1.83 bits per heavy atom. The molecule has 1 N–H and O–H groups in total. The Labute approximate surface area is 227 Å². The molecular formula is C27H29Cl2N5OS. The number of benzene rings is 3. The Kier molecular flexibility index (Phi) is 10.4. The lowest BCUT2D eigenvalue weighted by atomic mass is 10.1. The Hall–Kier alpha value is -2.84. The minimum Gasteiger partial charge on any atom is -0.322 e. The summed E-state index contributed by atoms with van der Waals surface area (Å²) in [5.41, 5.74) is 4.35. The van der Waals surface area contributed by atoms with Crippen molar-refractivity contribution in [3.05, 3.63) is 87.4 Å². The molecule has 0 saturated carbocycles. The molecule has 0 radical (unpaired) electrons. The fourth-order valence-corrected chi connectivity index (χ4v) is 4.53. The van der Waals surface area contributed by atoms with Gasteiger partial charge >= 0.3 is 0 Å². The first-order valence-electron chi connectivity index (χ1n) is 11.5. The Balaban J connectivity index is 1.72. The number of nitrogens with one attached hydrogen (secondary N) is 1. The van der Waals surface area contributed by atoms with Crippen molar-refractivity contribution in [2.45, 2.75) is 20.4 Å². The van der Waals surface area contributed by atoms with Crippen molar-refractivity contribution in [2.24, 2.45) is 9.98 Å². The molecule has 0 fully saturated rings. The van der Waals surface area contributed by atoms with E-state index in [1.807, 2.05) is 49.5 Å². The Morgan fingerprint density at radius 3 is 2.53 bits per heavy atom. The van der Waals surface area contributed by atoms with Gasteiger partial charge in [0.25, 0.3) is 5.91 Å². The SMILES string of the molecule is C=Nc1ccccc1C=NCc1cc(NC(=O)c2ccc(N(CC)SN(C)CC)cc2Cl)ccc1Cl. The van der Waals surface area contributed by atoms with Gasteiger partial charge in [0, 0.05) is 53.4 Å². The standard InChI is InChI=1S/C27H29Cl2N5OS/c1-5-33(4)36-34(6-2)22-12-13-23(25(29)16-22)27(35)32-21-11-14-24(28)20(15-21)18-31-17-19-9-7-8-10-26(19)30-3/h7-17H,3,5-6,18H2,1-2,4H3,(H,32,35). The molecule has 0 aromatic heterocycles. The molecule has 0 unspecified atom stereocenters. The monoisotopic (exact) mass is 541 g/mol. The number of aliphatic imine (C=N–C) groups is 2. The number of halogens is 2. The van der Waals surface area contributed by atoms with Gasteiger partial charge in [-0.25, -0.2) is 4.31 Å². The van der Waals surface area contributed by atoms with Gasteiger partial charge in [-0.15, -0.1) is 0 Å². The number of carbonyl (C=O) groups excluding carboxylic acids is 1. The van der Waals surface area contributed by atoms with Gasteiger partial charge in [-0.2, -0.15) is 0 Å². The molecule has 188 valence electrons. The highest BCUT2D eigenvalue weighted by atomic mass is 35.5. The number of nitrogens with zero attached hydrogens (tertiary/aromatic N) is 4. The maximum absolute atomic E-state index is 13.0.